The predicted molar refractivity (Wildman–Crippen MR) is 82.8 cm³/mol. The van der Waals surface area contributed by atoms with Gasteiger partial charge in [0.1, 0.15) is 0 Å². The minimum Gasteiger partial charge on any atom is -0.396 e. The number of aliphatic hydroxyl groups excluding tert-OH is 1. The fraction of sp³-hybridized carbons (Fsp3) is 0.500. The lowest BCUT2D eigenvalue weighted by Gasteiger charge is -2.17. The Hall–Kier alpha value is -1.92. The van der Waals surface area contributed by atoms with Gasteiger partial charge in [-0.25, -0.2) is 5.06 Å². The number of hydrogen-bond donors (Lipinski definition) is 1. The van der Waals surface area contributed by atoms with Gasteiger partial charge in [-0.1, -0.05) is 30.3 Å². The number of benzene rings is 1. The van der Waals surface area contributed by atoms with Crippen LogP contribution in [0.15, 0.2) is 30.3 Å². The molecule has 1 unspecified atom stereocenters. The van der Waals surface area contributed by atoms with E-state index >= 15 is 0 Å². The number of likely N-dealkylation sites (tertiary alicyclic amines) is 1. The van der Waals surface area contributed by atoms with E-state index < -0.39 is 0 Å². The Morgan fingerprint density at radius 2 is 2.14 bits per heavy atom. The molecule has 0 aliphatic carbocycles. The van der Waals surface area contributed by atoms with Gasteiger partial charge < -0.3 is 10.0 Å². The molecule has 0 spiro atoms. The van der Waals surface area contributed by atoms with Crippen LogP contribution in [0.4, 0.5) is 0 Å². The first-order chi connectivity index (χ1) is 10.6. The smallest absolute Gasteiger partial charge is 0.250 e. The van der Waals surface area contributed by atoms with Crippen LogP contribution in [-0.2, 0) is 20.8 Å². The molecule has 0 radical (unpaired) electrons. The quantitative estimate of drug-likeness (QED) is 0.642. The zero-order chi connectivity index (χ0) is 16.4. The number of hydrogen-bond acceptors (Lipinski definition) is 4. The molecule has 1 aromatic rings. The summed E-state index contributed by atoms with van der Waals surface area (Å²) in [4.78, 5) is 28.3. The standard InChI is InChI=1S/C8H14N2O3.C8H10O/c1-9(13-2)8(12)7-3-4-10(5-7)6-11;9-7-6-8-4-2-1-3-5-8/h6-7H,3-5H2,1-2H3;1-5,9H,6-7H2. The van der Waals surface area contributed by atoms with Gasteiger partial charge in [0, 0.05) is 26.7 Å². The molecule has 1 saturated heterocycles. The molecule has 2 rings (SSSR count). The number of amides is 2. The van der Waals surface area contributed by atoms with Crippen LogP contribution < -0.4 is 0 Å². The zero-order valence-electron chi connectivity index (χ0n) is 13.1. The number of hydroxylamine groups is 2. The number of rotatable bonds is 5. The van der Waals surface area contributed by atoms with E-state index in [-0.39, 0.29) is 18.4 Å². The zero-order valence-corrected chi connectivity index (χ0v) is 13.1. The fourth-order valence-electron chi connectivity index (χ4n) is 2.21. The predicted octanol–water partition coefficient (Wildman–Crippen LogP) is 0.706. The Morgan fingerprint density at radius 1 is 1.45 bits per heavy atom. The van der Waals surface area contributed by atoms with Crippen LogP contribution in [0.25, 0.3) is 0 Å². The Labute approximate surface area is 131 Å². The molecule has 1 N–H and O–H groups in total. The highest BCUT2D eigenvalue weighted by Crippen LogP contribution is 2.16. The van der Waals surface area contributed by atoms with Crippen LogP contribution >= 0.6 is 0 Å². The van der Waals surface area contributed by atoms with Crippen molar-refractivity contribution in [1.82, 2.24) is 9.96 Å². The highest BCUT2D eigenvalue weighted by Gasteiger charge is 2.29. The van der Waals surface area contributed by atoms with Gasteiger partial charge in [0.2, 0.25) is 6.41 Å². The van der Waals surface area contributed by atoms with Crippen molar-refractivity contribution in [2.45, 2.75) is 12.8 Å². The van der Waals surface area contributed by atoms with Crippen molar-refractivity contribution in [1.29, 1.82) is 0 Å². The number of nitrogens with zero attached hydrogens (tertiary/aromatic N) is 2. The summed E-state index contributed by atoms with van der Waals surface area (Å²) in [6, 6.07) is 9.95. The fourth-order valence-corrected chi connectivity index (χ4v) is 2.21. The summed E-state index contributed by atoms with van der Waals surface area (Å²) in [5.74, 6) is -0.165. The molecular formula is C16H24N2O4. The highest BCUT2D eigenvalue weighted by atomic mass is 16.7. The lowest BCUT2D eigenvalue weighted by molar-refractivity contribution is -0.172. The lowest BCUT2D eigenvalue weighted by Crippen LogP contribution is -2.33. The first-order valence-electron chi connectivity index (χ1n) is 7.28. The van der Waals surface area contributed by atoms with Gasteiger partial charge in [0.25, 0.3) is 5.91 Å². The van der Waals surface area contributed by atoms with Gasteiger partial charge in [0.05, 0.1) is 13.0 Å². The van der Waals surface area contributed by atoms with Gasteiger partial charge in [-0.05, 0) is 18.4 Å². The molecule has 0 saturated carbocycles. The number of carbonyl (C=O) groups is 2. The van der Waals surface area contributed by atoms with Crippen LogP contribution in [0.3, 0.4) is 0 Å². The number of aliphatic hydroxyl groups is 1. The van der Waals surface area contributed by atoms with Crippen molar-refractivity contribution < 1.29 is 19.5 Å². The lowest BCUT2D eigenvalue weighted by atomic mass is 10.1. The Morgan fingerprint density at radius 3 is 2.64 bits per heavy atom. The maximum atomic E-state index is 11.5. The summed E-state index contributed by atoms with van der Waals surface area (Å²) in [5, 5.41) is 9.73. The van der Waals surface area contributed by atoms with Gasteiger partial charge in [-0.15, -0.1) is 0 Å². The van der Waals surface area contributed by atoms with Crippen LogP contribution in [0.1, 0.15) is 12.0 Å². The molecule has 1 aliphatic heterocycles. The van der Waals surface area contributed by atoms with Crippen molar-refractivity contribution in [3.63, 3.8) is 0 Å². The average Bonchev–Trinajstić information content (AvgIpc) is 3.04. The SMILES string of the molecule is CON(C)C(=O)C1CCN(C=O)C1.OCCc1ccccc1. The van der Waals surface area contributed by atoms with E-state index in [1.807, 2.05) is 30.3 Å². The van der Waals surface area contributed by atoms with Crippen LogP contribution in [0, 0.1) is 5.92 Å². The van der Waals surface area contributed by atoms with Crippen LogP contribution in [-0.4, -0.2) is 61.2 Å². The minimum atomic E-state index is -0.102. The molecule has 1 aromatic carbocycles. The van der Waals surface area contributed by atoms with Crippen molar-refractivity contribution in [2.75, 3.05) is 33.9 Å². The first-order valence-corrected chi connectivity index (χ1v) is 7.28. The van der Waals surface area contributed by atoms with E-state index in [2.05, 4.69) is 0 Å². The third kappa shape index (κ3) is 5.83. The van der Waals surface area contributed by atoms with Crippen molar-refractivity contribution >= 4 is 12.3 Å². The Bertz CT molecular complexity index is 453. The van der Waals surface area contributed by atoms with Gasteiger partial charge in [-0.2, -0.15) is 0 Å². The molecule has 1 aliphatic rings. The molecule has 1 heterocycles. The van der Waals surface area contributed by atoms with E-state index in [0.29, 0.717) is 13.1 Å². The van der Waals surface area contributed by atoms with Gasteiger partial charge >= 0.3 is 0 Å². The van der Waals surface area contributed by atoms with E-state index in [4.69, 9.17) is 9.94 Å². The van der Waals surface area contributed by atoms with Crippen LogP contribution in [0.5, 0.6) is 0 Å². The summed E-state index contributed by atoms with van der Waals surface area (Å²) in [6.07, 6.45) is 2.27. The summed E-state index contributed by atoms with van der Waals surface area (Å²) >= 11 is 0. The van der Waals surface area contributed by atoms with E-state index in [0.717, 1.165) is 19.3 Å². The van der Waals surface area contributed by atoms with Crippen molar-refractivity contribution in [3.8, 4) is 0 Å². The second kappa shape index (κ2) is 9.92. The van der Waals surface area contributed by atoms with Gasteiger partial charge in [0.15, 0.2) is 0 Å². The Kier molecular flexibility index (Phi) is 8.17. The molecule has 1 fully saturated rings. The van der Waals surface area contributed by atoms with Crippen molar-refractivity contribution in [2.24, 2.45) is 5.92 Å². The van der Waals surface area contributed by atoms with Crippen molar-refractivity contribution in [3.05, 3.63) is 35.9 Å². The molecular weight excluding hydrogens is 284 g/mol. The summed E-state index contributed by atoms with van der Waals surface area (Å²) in [6.45, 7) is 1.41. The summed E-state index contributed by atoms with van der Waals surface area (Å²) < 4.78 is 0. The maximum Gasteiger partial charge on any atom is 0.250 e. The molecule has 1 atom stereocenters. The van der Waals surface area contributed by atoms with Crippen LogP contribution in [0.2, 0.25) is 0 Å². The topological polar surface area (TPSA) is 70.1 Å². The monoisotopic (exact) mass is 308 g/mol. The molecule has 2 amide bonds. The molecule has 122 valence electrons. The normalized spacial score (nSPS) is 16.7. The average molecular weight is 308 g/mol. The molecule has 6 heteroatoms. The number of carbonyl (C=O) groups excluding carboxylic acids is 2. The van der Waals surface area contributed by atoms with E-state index in [1.54, 1.807) is 11.9 Å². The maximum absolute atomic E-state index is 11.5. The Balaban J connectivity index is 0.000000235. The van der Waals surface area contributed by atoms with Gasteiger partial charge in [-0.3, -0.25) is 14.4 Å². The highest BCUT2D eigenvalue weighted by molar-refractivity contribution is 5.78. The minimum absolute atomic E-state index is 0.0631. The second-order valence-electron chi connectivity index (χ2n) is 5.06. The van der Waals surface area contributed by atoms with E-state index in [1.165, 1.54) is 17.7 Å². The molecule has 0 aromatic heterocycles. The summed E-state index contributed by atoms with van der Waals surface area (Å²) in [7, 11) is 3.02. The largest absolute Gasteiger partial charge is 0.396 e. The molecule has 6 nitrogen and oxygen atoms in total. The van der Waals surface area contributed by atoms with E-state index in [9.17, 15) is 9.59 Å². The third-order valence-electron chi connectivity index (χ3n) is 3.55. The summed E-state index contributed by atoms with van der Waals surface area (Å²) in [5.41, 5.74) is 1.19. The first kappa shape index (κ1) is 18.1. The molecule has 22 heavy (non-hydrogen) atoms. The molecule has 0 bridgehead atoms. The third-order valence-corrected chi connectivity index (χ3v) is 3.55. The second-order valence-corrected chi connectivity index (χ2v) is 5.06.